The van der Waals surface area contributed by atoms with Crippen LogP contribution in [-0.4, -0.2) is 21.7 Å². The summed E-state index contributed by atoms with van der Waals surface area (Å²) in [6.07, 6.45) is 2.27. The summed E-state index contributed by atoms with van der Waals surface area (Å²) in [5, 5.41) is 7.15. The van der Waals surface area contributed by atoms with Crippen molar-refractivity contribution in [3.63, 3.8) is 0 Å². The second-order valence-electron chi connectivity index (χ2n) is 5.85. The minimum atomic E-state index is -0.394. The molecule has 1 aliphatic rings. The number of amides is 1. The minimum Gasteiger partial charge on any atom is -0.348 e. The van der Waals surface area contributed by atoms with E-state index in [0.717, 1.165) is 18.5 Å². The fraction of sp³-hybridized carbons (Fsp3) is 0.353. The Morgan fingerprint density at radius 3 is 2.64 bits per heavy atom. The first-order valence-electron chi connectivity index (χ1n) is 7.53. The molecule has 1 N–H and O–H groups in total. The van der Waals surface area contributed by atoms with Crippen molar-refractivity contribution in [3.05, 3.63) is 58.0 Å². The van der Waals surface area contributed by atoms with Crippen LogP contribution in [0.1, 0.15) is 35.9 Å². The monoisotopic (exact) mass is 297 g/mol. The number of hydrogen-bond donors (Lipinski definition) is 1. The summed E-state index contributed by atoms with van der Waals surface area (Å²) in [6, 6.07) is 11.0. The smallest absolute Gasteiger partial charge is 0.276 e. The van der Waals surface area contributed by atoms with E-state index in [4.69, 9.17) is 0 Å². The quantitative estimate of drug-likeness (QED) is 0.939. The van der Waals surface area contributed by atoms with Crippen molar-refractivity contribution in [1.82, 2.24) is 15.1 Å². The summed E-state index contributed by atoms with van der Waals surface area (Å²) in [5.41, 5.74) is 1.12. The Kier molecular flexibility index (Phi) is 3.79. The molecule has 5 nitrogen and oxygen atoms in total. The van der Waals surface area contributed by atoms with E-state index in [1.165, 1.54) is 6.07 Å². The fourth-order valence-corrected chi connectivity index (χ4v) is 2.52. The molecule has 0 spiro atoms. The van der Waals surface area contributed by atoms with E-state index in [2.05, 4.69) is 10.4 Å². The first kappa shape index (κ1) is 14.5. The number of nitrogens with one attached hydrogen (secondary N) is 1. The molecule has 1 aromatic carbocycles. The van der Waals surface area contributed by atoms with Crippen molar-refractivity contribution in [2.45, 2.75) is 32.7 Å². The van der Waals surface area contributed by atoms with Crippen LogP contribution in [0.2, 0.25) is 0 Å². The lowest BCUT2D eigenvalue weighted by molar-refractivity contribution is 0.0927. The van der Waals surface area contributed by atoms with Crippen molar-refractivity contribution in [1.29, 1.82) is 0 Å². The average Bonchev–Trinajstić information content (AvgIpc) is 3.32. The number of carbonyl (C=O) groups is 1. The molecule has 1 atom stereocenters. The van der Waals surface area contributed by atoms with Crippen LogP contribution in [0.4, 0.5) is 0 Å². The molecule has 0 radical (unpaired) electrons. The van der Waals surface area contributed by atoms with E-state index in [-0.39, 0.29) is 17.2 Å². The van der Waals surface area contributed by atoms with Gasteiger partial charge in [-0.25, -0.2) is 4.68 Å². The Morgan fingerprint density at radius 2 is 2.00 bits per heavy atom. The maximum atomic E-state index is 12.3. The average molecular weight is 297 g/mol. The molecule has 2 aromatic rings. The molecule has 114 valence electrons. The Labute approximate surface area is 129 Å². The molecule has 3 rings (SSSR count). The first-order chi connectivity index (χ1) is 10.6. The van der Waals surface area contributed by atoms with Gasteiger partial charge in [-0.15, -0.1) is 0 Å². The molecule has 22 heavy (non-hydrogen) atoms. The van der Waals surface area contributed by atoms with Gasteiger partial charge in [0.15, 0.2) is 5.69 Å². The third-order valence-corrected chi connectivity index (χ3v) is 4.01. The van der Waals surface area contributed by atoms with Crippen molar-refractivity contribution in [3.8, 4) is 5.69 Å². The van der Waals surface area contributed by atoms with Crippen LogP contribution in [0.15, 0.2) is 41.2 Å². The van der Waals surface area contributed by atoms with E-state index in [0.29, 0.717) is 11.6 Å². The molecular weight excluding hydrogens is 278 g/mol. The number of carbonyl (C=O) groups excluding carboxylic acids is 1. The highest BCUT2D eigenvalue weighted by atomic mass is 16.2. The summed E-state index contributed by atoms with van der Waals surface area (Å²) in [4.78, 5) is 24.4. The van der Waals surface area contributed by atoms with Crippen molar-refractivity contribution in [2.24, 2.45) is 5.92 Å². The normalized spacial score (nSPS) is 15.4. The Hall–Kier alpha value is -2.43. The second-order valence-corrected chi connectivity index (χ2v) is 5.85. The van der Waals surface area contributed by atoms with E-state index >= 15 is 0 Å². The lowest BCUT2D eigenvalue weighted by Crippen LogP contribution is -2.38. The van der Waals surface area contributed by atoms with Gasteiger partial charge >= 0.3 is 0 Å². The lowest BCUT2D eigenvalue weighted by atomic mass is 10.2. The number of rotatable bonds is 4. The van der Waals surface area contributed by atoms with Gasteiger partial charge in [0.1, 0.15) is 0 Å². The van der Waals surface area contributed by atoms with Crippen molar-refractivity contribution in [2.75, 3.05) is 0 Å². The van der Waals surface area contributed by atoms with Gasteiger partial charge in [-0.3, -0.25) is 9.59 Å². The summed E-state index contributed by atoms with van der Waals surface area (Å²) < 4.78 is 1.62. The van der Waals surface area contributed by atoms with Gasteiger partial charge in [-0.2, -0.15) is 5.10 Å². The molecule has 1 aliphatic carbocycles. The van der Waals surface area contributed by atoms with Crippen LogP contribution < -0.4 is 10.7 Å². The van der Waals surface area contributed by atoms with Gasteiger partial charge < -0.3 is 5.32 Å². The predicted octanol–water partition coefficient (Wildman–Crippen LogP) is 2.07. The molecule has 1 heterocycles. The topological polar surface area (TPSA) is 64.0 Å². The van der Waals surface area contributed by atoms with E-state index in [1.54, 1.807) is 11.6 Å². The van der Waals surface area contributed by atoms with Crippen LogP contribution in [-0.2, 0) is 0 Å². The molecule has 1 saturated carbocycles. The Morgan fingerprint density at radius 1 is 1.32 bits per heavy atom. The summed E-state index contributed by atoms with van der Waals surface area (Å²) in [7, 11) is 0. The molecule has 0 bridgehead atoms. The largest absolute Gasteiger partial charge is 0.348 e. The number of para-hydroxylation sites is 1. The van der Waals surface area contributed by atoms with Gasteiger partial charge in [0.2, 0.25) is 5.43 Å². The van der Waals surface area contributed by atoms with E-state index < -0.39 is 5.91 Å². The third-order valence-electron chi connectivity index (χ3n) is 4.01. The molecule has 0 saturated heterocycles. The number of nitrogens with zero attached hydrogens (tertiary/aromatic N) is 2. The second kappa shape index (κ2) is 5.75. The number of hydrogen-bond acceptors (Lipinski definition) is 3. The van der Waals surface area contributed by atoms with Crippen LogP contribution in [0.5, 0.6) is 0 Å². The van der Waals surface area contributed by atoms with Crippen LogP contribution in [0.25, 0.3) is 5.69 Å². The summed E-state index contributed by atoms with van der Waals surface area (Å²) in [6.45, 7) is 3.77. The highest BCUT2D eigenvalue weighted by Gasteiger charge is 2.30. The maximum Gasteiger partial charge on any atom is 0.276 e. The number of benzene rings is 1. The highest BCUT2D eigenvalue weighted by Crippen LogP contribution is 2.32. The van der Waals surface area contributed by atoms with E-state index in [9.17, 15) is 9.59 Å². The Bertz CT molecular complexity index is 748. The zero-order valence-corrected chi connectivity index (χ0v) is 12.7. The van der Waals surface area contributed by atoms with Gasteiger partial charge in [-0.1, -0.05) is 18.2 Å². The summed E-state index contributed by atoms with van der Waals surface area (Å²) >= 11 is 0. The minimum absolute atomic E-state index is 0.0537. The van der Waals surface area contributed by atoms with Gasteiger partial charge in [0.05, 0.1) is 5.69 Å². The molecule has 1 fully saturated rings. The van der Waals surface area contributed by atoms with E-state index in [1.807, 2.05) is 37.3 Å². The summed E-state index contributed by atoms with van der Waals surface area (Å²) in [5.74, 6) is 0.139. The standard InChI is InChI=1S/C17H19N3O2/c1-11-10-15(21)16(17(22)18-12(2)13-8-9-13)19-20(11)14-6-4-3-5-7-14/h3-7,10,12-13H,8-9H2,1-2H3,(H,18,22)/t12-/m1/s1. The number of aryl methyl sites for hydroxylation is 1. The molecule has 0 aliphatic heterocycles. The SMILES string of the molecule is Cc1cc(=O)c(C(=O)N[C@H](C)C2CC2)nn1-c1ccccc1. The zero-order chi connectivity index (χ0) is 15.7. The van der Waals surface area contributed by atoms with Gasteiger partial charge in [-0.05, 0) is 44.7 Å². The zero-order valence-electron chi connectivity index (χ0n) is 12.7. The van der Waals surface area contributed by atoms with Gasteiger partial charge in [0.25, 0.3) is 5.91 Å². The fourth-order valence-electron chi connectivity index (χ4n) is 2.52. The van der Waals surface area contributed by atoms with Crippen LogP contribution in [0.3, 0.4) is 0 Å². The van der Waals surface area contributed by atoms with Crippen LogP contribution in [0, 0.1) is 12.8 Å². The molecule has 5 heteroatoms. The molecule has 1 aromatic heterocycles. The molecule has 1 amide bonds. The Balaban J connectivity index is 1.94. The highest BCUT2D eigenvalue weighted by molar-refractivity contribution is 5.92. The van der Waals surface area contributed by atoms with Crippen LogP contribution >= 0.6 is 0 Å². The predicted molar refractivity (Wildman–Crippen MR) is 84.2 cm³/mol. The first-order valence-corrected chi connectivity index (χ1v) is 7.53. The van der Waals surface area contributed by atoms with Crippen molar-refractivity contribution >= 4 is 5.91 Å². The molecular formula is C17H19N3O2. The van der Waals surface area contributed by atoms with Gasteiger partial charge in [0, 0.05) is 17.8 Å². The van der Waals surface area contributed by atoms with Crippen molar-refractivity contribution < 1.29 is 4.79 Å². The lowest BCUT2D eigenvalue weighted by Gasteiger charge is -2.14. The third kappa shape index (κ3) is 2.93. The maximum absolute atomic E-state index is 12.3. The number of aromatic nitrogens is 2. The molecule has 0 unspecified atom stereocenters.